The molecule has 8 heteroatoms. The number of methoxy groups -OCH3 is 1. The summed E-state index contributed by atoms with van der Waals surface area (Å²) in [6.07, 6.45) is 0. The number of carbonyl (C=O) groups is 1. The Bertz CT molecular complexity index is 673. The van der Waals surface area contributed by atoms with Gasteiger partial charge in [0.15, 0.2) is 5.13 Å². The number of aryl methyl sites for hydroxylation is 1. The lowest BCUT2D eigenvalue weighted by molar-refractivity contribution is 0.0605. The number of hydrogen-bond acceptors (Lipinski definition) is 5. The third-order valence-corrected chi connectivity index (χ3v) is 4.51. The average molecular weight is 352 g/mol. The number of thiazole rings is 1. The zero-order chi connectivity index (χ0) is 14.9. The van der Waals surface area contributed by atoms with Gasteiger partial charge in [0.1, 0.15) is 4.88 Å². The number of ether oxygens (including phenoxy) is 1. The second-order valence-electron chi connectivity index (χ2n) is 3.80. The van der Waals surface area contributed by atoms with Gasteiger partial charge in [-0.05, 0) is 19.1 Å². The molecule has 0 saturated heterocycles. The molecule has 20 heavy (non-hydrogen) atoms. The topological polar surface area (TPSA) is 51.2 Å². The van der Waals surface area contributed by atoms with E-state index in [2.05, 4.69) is 15.0 Å². The van der Waals surface area contributed by atoms with E-state index in [1.807, 2.05) is 0 Å². The van der Waals surface area contributed by atoms with Crippen LogP contribution in [0.25, 0.3) is 0 Å². The van der Waals surface area contributed by atoms with E-state index in [9.17, 15) is 4.79 Å². The summed E-state index contributed by atoms with van der Waals surface area (Å²) >= 11 is 19.0. The first-order chi connectivity index (χ1) is 9.42. The molecule has 0 fully saturated rings. The molecule has 0 saturated carbocycles. The van der Waals surface area contributed by atoms with Gasteiger partial charge in [0, 0.05) is 0 Å². The second kappa shape index (κ2) is 6.18. The lowest BCUT2D eigenvalue weighted by Crippen LogP contribution is -1.99. The van der Waals surface area contributed by atoms with Gasteiger partial charge in [-0.3, -0.25) is 0 Å². The molecule has 0 bridgehead atoms. The summed E-state index contributed by atoms with van der Waals surface area (Å²) in [6.45, 7) is 1.73. The lowest BCUT2D eigenvalue weighted by atomic mass is 10.3. The summed E-state index contributed by atoms with van der Waals surface area (Å²) in [6, 6.07) is 3.14. The summed E-state index contributed by atoms with van der Waals surface area (Å²) in [7, 11) is 1.32. The molecule has 1 aromatic carbocycles. The molecule has 0 spiro atoms. The molecule has 4 nitrogen and oxygen atoms in total. The highest BCUT2D eigenvalue weighted by molar-refractivity contribution is 7.17. The van der Waals surface area contributed by atoms with Crippen LogP contribution in [0.15, 0.2) is 12.1 Å². The number of carbonyl (C=O) groups excluding carboxylic acids is 1. The maximum Gasteiger partial charge on any atom is 0.350 e. The van der Waals surface area contributed by atoms with E-state index in [0.717, 1.165) is 0 Å². The smallest absolute Gasteiger partial charge is 0.350 e. The molecule has 0 aliphatic rings. The van der Waals surface area contributed by atoms with Crippen molar-refractivity contribution in [3.05, 3.63) is 37.8 Å². The summed E-state index contributed by atoms with van der Waals surface area (Å²) in [5.74, 6) is -0.423. The Hall–Kier alpha value is -1.01. The number of esters is 1. The van der Waals surface area contributed by atoms with Crippen LogP contribution in [0.4, 0.5) is 10.8 Å². The van der Waals surface area contributed by atoms with Gasteiger partial charge < -0.3 is 10.1 Å². The van der Waals surface area contributed by atoms with Crippen LogP contribution in [0.2, 0.25) is 15.1 Å². The minimum atomic E-state index is -0.423. The van der Waals surface area contributed by atoms with E-state index in [1.54, 1.807) is 13.0 Å². The Morgan fingerprint density at radius 3 is 2.55 bits per heavy atom. The minimum absolute atomic E-state index is 0.368. The number of aromatic nitrogens is 1. The van der Waals surface area contributed by atoms with E-state index in [1.165, 1.54) is 24.5 Å². The fourth-order valence-corrected chi connectivity index (χ4v) is 2.96. The first kappa shape index (κ1) is 15.4. The lowest BCUT2D eigenvalue weighted by Gasteiger charge is -2.06. The molecule has 2 aromatic rings. The molecule has 1 N–H and O–H groups in total. The molecule has 0 radical (unpaired) electrons. The van der Waals surface area contributed by atoms with Gasteiger partial charge in [0.05, 0.1) is 33.6 Å². The van der Waals surface area contributed by atoms with Crippen molar-refractivity contribution in [3.8, 4) is 0 Å². The monoisotopic (exact) mass is 350 g/mol. The molecule has 0 atom stereocenters. The third-order valence-electron chi connectivity index (χ3n) is 2.42. The SMILES string of the molecule is COC(=O)c1sc(Nc2cc(Cl)c(Cl)cc2Cl)nc1C. The number of nitrogens with one attached hydrogen (secondary N) is 1. The van der Waals surface area contributed by atoms with E-state index >= 15 is 0 Å². The zero-order valence-electron chi connectivity index (χ0n) is 10.5. The number of rotatable bonds is 3. The van der Waals surface area contributed by atoms with E-state index in [4.69, 9.17) is 34.8 Å². The predicted octanol–water partition coefficient (Wildman–Crippen LogP) is 4.94. The van der Waals surface area contributed by atoms with Crippen molar-refractivity contribution in [2.75, 3.05) is 12.4 Å². The van der Waals surface area contributed by atoms with Crippen LogP contribution >= 0.6 is 46.1 Å². The van der Waals surface area contributed by atoms with Crippen molar-refractivity contribution in [1.29, 1.82) is 0 Å². The molecular formula is C12H9Cl3N2O2S. The predicted molar refractivity (Wildman–Crippen MR) is 82.9 cm³/mol. The summed E-state index contributed by atoms with van der Waals surface area (Å²) in [4.78, 5) is 16.2. The van der Waals surface area contributed by atoms with Gasteiger partial charge in [-0.15, -0.1) is 0 Å². The van der Waals surface area contributed by atoms with Crippen molar-refractivity contribution in [2.24, 2.45) is 0 Å². The molecule has 0 aliphatic heterocycles. The third kappa shape index (κ3) is 3.17. The molecular weight excluding hydrogens is 343 g/mol. The van der Waals surface area contributed by atoms with Gasteiger partial charge >= 0.3 is 5.97 Å². The largest absolute Gasteiger partial charge is 0.465 e. The van der Waals surface area contributed by atoms with Crippen LogP contribution in [-0.4, -0.2) is 18.1 Å². The molecule has 0 unspecified atom stereocenters. The first-order valence-electron chi connectivity index (χ1n) is 5.39. The molecule has 106 valence electrons. The Kier molecular flexibility index (Phi) is 4.75. The van der Waals surface area contributed by atoms with Gasteiger partial charge in [0.25, 0.3) is 0 Å². The Labute approximate surface area is 134 Å². The van der Waals surface area contributed by atoms with Crippen LogP contribution in [-0.2, 0) is 4.74 Å². The van der Waals surface area contributed by atoms with Crippen LogP contribution in [0.3, 0.4) is 0 Å². The maximum atomic E-state index is 11.5. The highest BCUT2D eigenvalue weighted by atomic mass is 35.5. The number of halogens is 3. The van der Waals surface area contributed by atoms with Gasteiger partial charge in [-0.25, -0.2) is 9.78 Å². The first-order valence-corrected chi connectivity index (χ1v) is 7.34. The van der Waals surface area contributed by atoms with E-state index in [-0.39, 0.29) is 0 Å². The fourth-order valence-electron chi connectivity index (χ4n) is 1.47. The summed E-state index contributed by atoms with van der Waals surface area (Å²) in [5, 5.41) is 4.67. The maximum absolute atomic E-state index is 11.5. The molecule has 1 aromatic heterocycles. The molecule has 1 heterocycles. The highest BCUT2D eigenvalue weighted by Crippen LogP contribution is 2.35. The van der Waals surface area contributed by atoms with Crippen LogP contribution in [0, 0.1) is 6.92 Å². The van der Waals surface area contributed by atoms with Crippen molar-refractivity contribution < 1.29 is 9.53 Å². The van der Waals surface area contributed by atoms with Gasteiger partial charge in [-0.1, -0.05) is 46.1 Å². The van der Waals surface area contributed by atoms with E-state index in [0.29, 0.717) is 36.5 Å². The minimum Gasteiger partial charge on any atom is -0.465 e. The fraction of sp³-hybridized carbons (Fsp3) is 0.167. The Morgan fingerprint density at radius 1 is 1.25 bits per heavy atom. The number of anilines is 2. The van der Waals surface area contributed by atoms with Crippen molar-refractivity contribution in [3.63, 3.8) is 0 Å². The molecule has 0 aliphatic carbocycles. The molecule has 2 rings (SSSR count). The van der Waals surface area contributed by atoms with Crippen molar-refractivity contribution in [2.45, 2.75) is 6.92 Å². The average Bonchev–Trinajstić information content (AvgIpc) is 2.76. The molecule has 0 amide bonds. The standard InChI is InChI=1S/C12H9Cl3N2O2S/c1-5-10(11(18)19-2)20-12(16-5)17-9-4-7(14)6(13)3-8(9)15/h3-4H,1-2H3,(H,16,17). The number of benzene rings is 1. The van der Waals surface area contributed by atoms with Crippen LogP contribution < -0.4 is 5.32 Å². The number of nitrogens with zero attached hydrogens (tertiary/aromatic N) is 1. The van der Waals surface area contributed by atoms with Crippen LogP contribution in [0.1, 0.15) is 15.4 Å². The highest BCUT2D eigenvalue weighted by Gasteiger charge is 2.16. The van der Waals surface area contributed by atoms with Crippen molar-refractivity contribution >= 4 is 62.9 Å². The van der Waals surface area contributed by atoms with Crippen LogP contribution in [0.5, 0.6) is 0 Å². The van der Waals surface area contributed by atoms with Gasteiger partial charge in [0.2, 0.25) is 0 Å². The Morgan fingerprint density at radius 2 is 1.90 bits per heavy atom. The second-order valence-corrected chi connectivity index (χ2v) is 6.02. The Balaban J connectivity index is 2.31. The summed E-state index contributed by atoms with van der Waals surface area (Å²) in [5.41, 5.74) is 1.15. The zero-order valence-corrected chi connectivity index (χ0v) is 13.5. The number of hydrogen-bond donors (Lipinski definition) is 1. The quantitative estimate of drug-likeness (QED) is 0.628. The van der Waals surface area contributed by atoms with Crippen molar-refractivity contribution in [1.82, 2.24) is 4.98 Å². The summed E-state index contributed by atoms with van der Waals surface area (Å²) < 4.78 is 4.68. The van der Waals surface area contributed by atoms with Gasteiger partial charge in [-0.2, -0.15) is 0 Å². The normalized spacial score (nSPS) is 10.4. The van der Waals surface area contributed by atoms with E-state index < -0.39 is 5.97 Å².